The van der Waals surface area contributed by atoms with E-state index in [0.29, 0.717) is 12.0 Å². The number of hydrogen-bond donors (Lipinski definition) is 1. The van der Waals surface area contributed by atoms with Gasteiger partial charge in [0.15, 0.2) is 0 Å². The average Bonchev–Trinajstić information content (AvgIpc) is 2.35. The van der Waals surface area contributed by atoms with E-state index >= 15 is 0 Å². The fraction of sp³-hybridized carbons (Fsp3) is 0.643. The zero-order valence-corrected chi connectivity index (χ0v) is 11.6. The van der Waals surface area contributed by atoms with Gasteiger partial charge in [-0.2, -0.15) is 0 Å². The molecule has 1 aromatic heterocycles. The van der Waals surface area contributed by atoms with Gasteiger partial charge < -0.3 is 10.0 Å². The number of aliphatic hydroxyl groups is 1. The molecule has 0 amide bonds. The maximum Gasteiger partial charge on any atom is 0.129 e. The smallest absolute Gasteiger partial charge is 0.129 e. The molecule has 1 aromatic rings. The fourth-order valence-corrected chi connectivity index (χ4v) is 1.74. The molecule has 1 rings (SSSR count). The predicted molar refractivity (Wildman–Crippen MR) is 72.2 cm³/mol. The molecule has 0 saturated carbocycles. The Morgan fingerprint density at radius 2 is 1.94 bits per heavy atom. The Hall–Kier alpha value is -1.09. The Bertz CT molecular complexity index is 341. The molecular weight excluding hydrogens is 212 g/mol. The van der Waals surface area contributed by atoms with Gasteiger partial charge in [-0.25, -0.2) is 4.98 Å². The van der Waals surface area contributed by atoms with Gasteiger partial charge in [-0.1, -0.05) is 20.8 Å². The molecule has 0 saturated heterocycles. The Morgan fingerprint density at radius 1 is 1.29 bits per heavy atom. The topological polar surface area (TPSA) is 36.4 Å². The number of rotatable bonds is 5. The molecule has 0 bridgehead atoms. The predicted octanol–water partition coefficient (Wildman–Crippen LogP) is 2.62. The van der Waals surface area contributed by atoms with E-state index in [1.807, 2.05) is 12.1 Å². The maximum absolute atomic E-state index is 9.27. The SMILES string of the molecule is CCc1cc(CO)cc(N(C)C(C)C(C)C)n1. The van der Waals surface area contributed by atoms with Crippen molar-refractivity contribution in [3.8, 4) is 0 Å². The Balaban J connectivity index is 3.03. The molecule has 0 radical (unpaired) electrons. The van der Waals surface area contributed by atoms with E-state index in [1.165, 1.54) is 0 Å². The van der Waals surface area contributed by atoms with Gasteiger partial charge in [-0.05, 0) is 37.0 Å². The van der Waals surface area contributed by atoms with Crippen molar-refractivity contribution in [2.24, 2.45) is 5.92 Å². The lowest BCUT2D eigenvalue weighted by Gasteiger charge is -2.29. The third kappa shape index (κ3) is 3.43. The second-order valence-corrected chi connectivity index (χ2v) is 4.93. The number of aliphatic hydroxyl groups excluding tert-OH is 1. The van der Waals surface area contributed by atoms with Crippen LogP contribution in [0.4, 0.5) is 5.82 Å². The molecule has 0 aromatic carbocycles. The van der Waals surface area contributed by atoms with Gasteiger partial charge in [0.1, 0.15) is 5.82 Å². The second-order valence-electron chi connectivity index (χ2n) is 4.93. The largest absolute Gasteiger partial charge is 0.392 e. The quantitative estimate of drug-likeness (QED) is 0.853. The Labute approximate surface area is 104 Å². The second kappa shape index (κ2) is 6.01. The molecule has 17 heavy (non-hydrogen) atoms. The summed E-state index contributed by atoms with van der Waals surface area (Å²) < 4.78 is 0. The molecule has 0 fully saturated rings. The van der Waals surface area contributed by atoms with Crippen LogP contribution in [0.25, 0.3) is 0 Å². The third-order valence-corrected chi connectivity index (χ3v) is 3.41. The number of nitrogens with zero attached hydrogens (tertiary/aromatic N) is 2. The maximum atomic E-state index is 9.27. The lowest BCUT2D eigenvalue weighted by Crippen LogP contribution is -2.34. The van der Waals surface area contributed by atoms with Crippen LogP contribution < -0.4 is 4.90 Å². The van der Waals surface area contributed by atoms with Crippen molar-refractivity contribution < 1.29 is 5.11 Å². The van der Waals surface area contributed by atoms with Crippen LogP contribution in [0.15, 0.2) is 12.1 Å². The summed E-state index contributed by atoms with van der Waals surface area (Å²) in [4.78, 5) is 6.80. The highest BCUT2D eigenvalue weighted by Gasteiger charge is 2.15. The molecular formula is C14H24N2O. The minimum Gasteiger partial charge on any atom is -0.392 e. The van der Waals surface area contributed by atoms with E-state index in [0.717, 1.165) is 23.5 Å². The first-order valence-electron chi connectivity index (χ1n) is 6.33. The molecule has 1 heterocycles. The minimum atomic E-state index is 0.0758. The van der Waals surface area contributed by atoms with Crippen LogP contribution in [0.1, 0.15) is 39.0 Å². The van der Waals surface area contributed by atoms with Gasteiger partial charge in [-0.3, -0.25) is 0 Å². The van der Waals surface area contributed by atoms with Crippen LogP contribution in [-0.2, 0) is 13.0 Å². The van der Waals surface area contributed by atoms with Crippen molar-refractivity contribution in [3.63, 3.8) is 0 Å². The lowest BCUT2D eigenvalue weighted by atomic mass is 10.1. The summed E-state index contributed by atoms with van der Waals surface area (Å²) in [5, 5.41) is 9.27. The monoisotopic (exact) mass is 236 g/mol. The first-order valence-corrected chi connectivity index (χ1v) is 6.33. The summed E-state index contributed by atoms with van der Waals surface area (Å²) >= 11 is 0. The molecule has 96 valence electrons. The van der Waals surface area contributed by atoms with Crippen molar-refractivity contribution >= 4 is 5.82 Å². The van der Waals surface area contributed by atoms with Gasteiger partial charge >= 0.3 is 0 Å². The molecule has 0 aliphatic carbocycles. The van der Waals surface area contributed by atoms with Crippen LogP contribution >= 0.6 is 0 Å². The summed E-state index contributed by atoms with van der Waals surface area (Å²) in [6.07, 6.45) is 0.894. The zero-order valence-electron chi connectivity index (χ0n) is 11.6. The fourth-order valence-electron chi connectivity index (χ4n) is 1.74. The van der Waals surface area contributed by atoms with Crippen LogP contribution in [0.3, 0.4) is 0 Å². The van der Waals surface area contributed by atoms with Crippen LogP contribution in [-0.4, -0.2) is 23.2 Å². The summed E-state index contributed by atoms with van der Waals surface area (Å²) in [7, 11) is 2.06. The van der Waals surface area contributed by atoms with Gasteiger partial charge in [0.2, 0.25) is 0 Å². The first kappa shape index (κ1) is 14.0. The molecule has 0 aliphatic rings. The van der Waals surface area contributed by atoms with Crippen molar-refractivity contribution in [1.82, 2.24) is 4.98 Å². The van der Waals surface area contributed by atoms with Crippen LogP contribution in [0, 0.1) is 5.92 Å². The van der Waals surface area contributed by atoms with Gasteiger partial charge in [0, 0.05) is 18.8 Å². The summed E-state index contributed by atoms with van der Waals surface area (Å²) in [6.45, 7) is 8.77. The third-order valence-electron chi connectivity index (χ3n) is 3.41. The molecule has 3 heteroatoms. The van der Waals surface area contributed by atoms with E-state index in [-0.39, 0.29) is 6.61 Å². The normalized spacial score (nSPS) is 12.9. The van der Waals surface area contributed by atoms with E-state index in [1.54, 1.807) is 0 Å². The highest BCUT2D eigenvalue weighted by molar-refractivity contribution is 5.43. The number of hydrogen-bond acceptors (Lipinski definition) is 3. The Morgan fingerprint density at radius 3 is 2.41 bits per heavy atom. The number of anilines is 1. The van der Waals surface area contributed by atoms with E-state index in [4.69, 9.17) is 0 Å². The summed E-state index contributed by atoms with van der Waals surface area (Å²) in [6, 6.07) is 4.37. The molecule has 0 aliphatic heterocycles. The summed E-state index contributed by atoms with van der Waals surface area (Å²) in [5.74, 6) is 1.53. The highest BCUT2D eigenvalue weighted by atomic mass is 16.3. The van der Waals surface area contributed by atoms with Gasteiger partial charge in [0.25, 0.3) is 0 Å². The number of aromatic nitrogens is 1. The lowest BCUT2D eigenvalue weighted by molar-refractivity contribution is 0.281. The van der Waals surface area contributed by atoms with Crippen LogP contribution in [0.2, 0.25) is 0 Å². The van der Waals surface area contributed by atoms with Crippen molar-refractivity contribution in [3.05, 3.63) is 23.4 Å². The minimum absolute atomic E-state index is 0.0758. The van der Waals surface area contributed by atoms with Crippen LogP contribution in [0.5, 0.6) is 0 Å². The highest BCUT2D eigenvalue weighted by Crippen LogP contribution is 2.19. The molecule has 1 N–H and O–H groups in total. The first-order chi connectivity index (χ1) is 7.99. The van der Waals surface area contributed by atoms with Gasteiger partial charge in [-0.15, -0.1) is 0 Å². The Kier molecular flexibility index (Phi) is 4.94. The molecule has 1 atom stereocenters. The number of pyridine rings is 1. The van der Waals surface area contributed by atoms with Crippen molar-refractivity contribution in [2.75, 3.05) is 11.9 Å². The van der Waals surface area contributed by atoms with E-state index in [2.05, 4.69) is 44.6 Å². The standard InChI is InChI=1S/C14H24N2O/c1-6-13-7-12(9-17)8-14(15-13)16(5)11(4)10(2)3/h7-8,10-11,17H,6,9H2,1-5H3. The summed E-state index contributed by atoms with van der Waals surface area (Å²) in [5.41, 5.74) is 1.98. The van der Waals surface area contributed by atoms with Crippen molar-refractivity contribution in [2.45, 2.75) is 46.8 Å². The van der Waals surface area contributed by atoms with E-state index < -0.39 is 0 Å². The number of aryl methyl sites for hydroxylation is 1. The molecule has 3 nitrogen and oxygen atoms in total. The zero-order chi connectivity index (χ0) is 13.0. The van der Waals surface area contributed by atoms with E-state index in [9.17, 15) is 5.11 Å². The van der Waals surface area contributed by atoms with Crippen molar-refractivity contribution in [1.29, 1.82) is 0 Å². The van der Waals surface area contributed by atoms with Gasteiger partial charge in [0.05, 0.1) is 6.61 Å². The average molecular weight is 236 g/mol. The molecule has 1 unspecified atom stereocenters. The molecule has 0 spiro atoms.